The Labute approximate surface area is 111 Å². The molecule has 0 amide bonds. The van der Waals surface area contributed by atoms with Gasteiger partial charge in [-0.2, -0.15) is 0 Å². The Balaban J connectivity index is 2.82. The van der Waals surface area contributed by atoms with Crippen molar-refractivity contribution in [1.29, 1.82) is 0 Å². The van der Waals surface area contributed by atoms with Crippen molar-refractivity contribution in [2.45, 2.75) is 25.6 Å². The largest absolute Gasteiger partial charge is 0.504 e. The number of aliphatic hydroxyl groups is 2. The van der Waals surface area contributed by atoms with E-state index in [4.69, 9.17) is 4.74 Å². The lowest BCUT2D eigenvalue weighted by molar-refractivity contribution is -0.147. The van der Waals surface area contributed by atoms with Crippen molar-refractivity contribution in [1.82, 2.24) is 0 Å². The summed E-state index contributed by atoms with van der Waals surface area (Å²) in [7, 11) is 1.38. The van der Waals surface area contributed by atoms with E-state index in [2.05, 4.69) is 4.74 Å². The number of aliphatic hydroxyl groups excluding tert-OH is 2. The van der Waals surface area contributed by atoms with Gasteiger partial charge in [-0.1, -0.05) is 12.1 Å². The minimum absolute atomic E-state index is 0.0937. The van der Waals surface area contributed by atoms with Gasteiger partial charge in [-0.15, -0.1) is 0 Å². The fraction of sp³-hybridized carbons (Fsp3) is 0.462. The molecule has 0 aromatic heterocycles. The lowest BCUT2D eigenvalue weighted by Crippen LogP contribution is -2.23. The molecule has 2 unspecified atom stereocenters. The number of esters is 1. The minimum Gasteiger partial charge on any atom is -0.504 e. The van der Waals surface area contributed by atoms with Gasteiger partial charge >= 0.3 is 5.97 Å². The minimum atomic E-state index is -1.40. The number of carbonyl (C=O) groups excluding carboxylic acids is 1. The first-order valence-electron chi connectivity index (χ1n) is 5.88. The van der Waals surface area contributed by atoms with Crippen LogP contribution in [0, 0.1) is 0 Å². The fourth-order valence-electron chi connectivity index (χ4n) is 1.65. The molecular formula is C13H18O6. The number of rotatable bonds is 6. The zero-order valence-electron chi connectivity index (χ0n) is 10.9. The summed E-state index contributed by atoms with van der Waals surface area (Å²) in [6, 6.07) is 4.52. The maximum Gasteiger partial charge on any atom is 0.308 e. The van der Waals surface area contributed by atoms with Gasteiger partial charge in [0.15, 0.2) is 11.5 Å². The highest BCUT2D eigenvalue weighted by molar-refractivity contribution is 5.70. The van der Waals surface area contributed by atoms with E-state index >= 15 is 0 Å². The number of aromatic hydroxyl groups is 1. The van der Waals surface area contributed by atoms with Crippen LogP contribution in [0.5, 0.6) is 11.5 Å². The molecule has 6 nitrogen and oxygen atoms in total. The Morgan fingerprint density at radius 3 is 2.63 bits per heavy atom. The molecule has 6 heteroatoms. The Bertz CT molecular complexity index is 431. The standard InChI is InChI=1S/C13H18O6/c1-3-19-11(15)7-9(14)12(16)8-5-4-6-10(18-2)13(8)17/h4-6,9,12,14,16-17H,3,7H2,1-2H3. The van der Waals surface area contributed by atoms with E-state index in [1.807, 2.05) is 0 Å². The number of hydrogen-bond acceptors (Lipinski definition) is 6. The molecule has 0 aliphatic rings. The predicted molar refractivity (Wildman–Crippen MR) is 66.9 cm³/mol. The van der Waals surface area contributed by atoms with Crippen LogP contribution >= 0.6 is 0 Å². The van der Waals surface area contributed by atoms with Crippen molar-refractivity contribution in [3.63, 3.8) is 0 Å². The fourth-order valence-corrected chi connectivity index (χ4v) is 1.65. The maximum absolute atomic E-state index is 11.2. The van der Waals surface area contributed by atoms with Crippen LogP contribution in [0.15, 0.2) is 18.2 Å². The maximum atomic E-state index is 11.2. The Morgan fingerprint density at radius 1 is 1.37 bits per heavy atom. The predicted octanol–water partition coefficient (Wildman–Crippen LogP) is 0.748. The molecule has 0 bridgehead atoms. The van der Waals surface area contributed by atoms with E-state index in [1.165, 1.54) is 19.2 Å². The number of hydrogen-bond donors (Lipinski definition) is 3. The molecule has 106 valence electrons. The zero-order chi connectivity index (χ0) is 14.4. The van der Waals surface area contributed by atoms with Gasteiger partial charge in [-0.05, 0) is 13.0 Å². The van der Waals surface area contributed by atoms with Gasteiger partial charge in [-0.25, -0.2) is 0 Å². The van der Waals surface area contributed by atoms with Crippen molar-refractivity contribution >= 4 is 5.97 Å². The topological polar surface area (TPSA) is 96.2 Å². The Hall–Kier alpha value is -1.79. The first kappa shape index (κ1) is 15.3. The molecule has 0 saturated carbocycles. The number of phenolic OH excluding ortho intramolecular Hbond substituents is 1. The smallest absolute Gasteiger partial charge is 0.308 e. The summed E-state index contributed by atoms with van der Waals surface area (Å²) in [6.45, 7) is 1.85. The molecule has 0 aliphatic carbocycles. The third kappa shape index (κ3) is 3.84. The molecule has 1 aromatic rings. The molecule has 0 spiro atoms. The monoisotopic (exact) mass is 270 g/mol. The summed E-state index contributed by atoms with van der Waals surface area (Å²) in [5, 5.41) is 29.5. The van der Waals surface area contributed by atoms with Crippen molar-refractivity contribution in [2.75, 3.05) is 13.7 Å². The molecule has 2 atom stereocenters. The molecule has 0 radical (unpaired) electrons. The summed E-state index contributed by atoms with van der Waals surface area (Å²) in [4.78, 5) is 11.2. The van der Waals surface area contributed by atoms with Gasteiger partial charge in [0.1, 0.15) is 6.10 Å². The van der Waals surface area contributed by atoms with Gasteiger partial charge in [0.2, 0.25) is 0 Å². The van der Waals surface area contributed by atoms with Crippen LogP contribution in [-0.4, -0.2) is 41.1 Å². The third-order valence-electron chi connectivity index (χ3n) is 2.61. The van der Waals surface area contributed by atoms with Crippen molar-refractivity contribution < 1.29 is 29.6 Å². The molecular weight excluding hydrogens is 252 g/mol. The molecule has 0 fully saturated rings. The van der Waals surface area contributed by atoms with Crippen LogP contribution in [0.2, 0.25) is 0 Å². The molecule has 0 heterocycles. The van der Waals surface area contributed by atoms with Gasteiger partial charge in [-0.3, -0.25) is 4.79 Å². The third-order valence-corrected chi connectivity index (χ3v) is 2.61. The lowest BCUT2D eigenvalue weighted by atomic mass is 10.0. The van der Waals surface area contributed by atoms with E-state index < -0.39 is 18.2 Å². The number of methoxy groups -OCH3 is 1. The second kappa shape index (κ2) is 6.96. The normalized spacial score (nSPS) is 13.7. The molecule has 19 heavy (non-hydrogen) atoms. The number of para-hydroxylation sites is 1. The summed E-state index contributed by atoms with van der Waals surface area (Å²) in [5.41, 5.74) is 0.0937. The summed E-state index contributed by atoms with van der Waals surface area (Å²) in [5.74, 6) is -0.697. The van der Waals surface area contributed by atoms with Crippen molar-refractivity contribution in [3.05, 3.63) is 23.8 Å². The second-order valence-electron chi connectivity index (χ2n) is 3.92. The van der Waals surface area contributed by atoms with Crippen molar-refractivity contribution in [3.8, 4) is 11.5 Å². The van der Waals surface area contributed by atoms with E-state index in [1.54, 1.807) is 13.0 Å². The Morgan fingerprint density at radius 2 is 2.05 bits per heavy atom. The zero-order valence-corrected chi connectivity index (χ0v) is 10.9. The van der Waals surface area contributed by atoms with E-state index in [0.29, 0.717) is 0 Å². The van der Waals surface area contributed by atoms with Crippen LogP contribution in [0.4, 0.5) is 0 Å². The lowest BCUT2D eigenvalue weighted by Gasteiger charge is -2.19. The van der Waals surface area contributed by atoms with E-state index in [-0.39, 0.29) is 30.1 Å². The molecule has 3 N–H and O–H groups in total. The van der Waals surface area contributed by atoms with Gasteiger partial charge in [0, 0.05) is 5.56 Å². The molecule has 0 saturated heterocycles. The highest BCUT2D eigenvalue weighted by Crippen LogP contribution is 2.35. The second-order valence-corrected chi connectivity index (χ2v) is 3.92. The summed E-state index contributed by atoms with van der Waals surface area (Å²) in [6.07, 6.45) is -3.12. The van der Waals surface area contributed by atoms with Gasteiger partial charge < -0.3 is 24.8 Å². The van der Waals surface area contributed by atoms with Crippen LogP contribution in [-0.2, 0) is 9.53 Å². The van der Waals surface area contributed by atoms with Crippen LogP contribution in [0.25, 0.3) is 0 Å². The number of ether oxygens (including phenoxy) is 2. The number of benzene rings is 1. The van der Waals surface area contributed by atoms with Crippen LogP contribution < -0.4 is 4.74 Å². The SMILES string of the molecule is CCOC(=O)CC(O)C(O)c1cccc(OC)c1O. The van der Waals surface area contributed by atoms with E-state index in [0.717, 1.165) is 0 Å². The first-order valence-corrected chi connectivity index (χ1v) is 5.88. The Kier molecular flexibility index (Phi) is 5.59. The van der Waals surface area contributed by atoms with E-state index in [9.17, 15) is 20.1 Å². The van der Waals surface area contributed by atoms with Gasteiger partial charge in [0.05, 0.1) is 26.2 Å². The van der Waals surface area contributed by atoms with Gasteiger partial charge in [0.25, 0.3) is 0 Å². The average Bonchev–Trinajstić information content (AvgIpc) is 2.38. The first-order chi connectivity index (χ1) is 9.01. The molecule has 0 aliphatic heterocycles. The number of carbonyl (C=O) groups is 1. The van der Waals surface area contributed by atoms with Crippen molar-refractivity contribution in [2.24, 2.45) is 0 Å². The average molecular weight is 270 g/mol. The van der Waals surface area contributed by atoms with Crippen LogP contribution in [0.3, 0.4) is 0 Å². The van der Waals surface area contributed by atoms with Crippen LogP contribution in [0.1, 0.15) is 25.0 Å². The summed E-state index contributed by atoms with van der Waals surface area (Å²) < 4.78 is 9.58. The number of phenols is 1. The summed E-state index contributed by atoms with van der Waals surface area (Å²) >= 11 is 0. The quantitative estimate of drug-likeness (QED) is 0.660. The molecule has 1 aromatic carbocycles. The highest BCUT2D eigenvalue weighted by atomic mass is 16.5. The highest BCUT2D eigenvalue weighted by Gasteiger charge is 2.25. The molecule has 1 rings (SSSR count).